The summed E-state index contributed by atoms with van der Waals surface area (Å²) in [5, 5.41) is 10.00. The van der Waals surface area contributed by atoms with Crippen LogP contribution in [0.2, 0.25) is 5.02 Å². The van der Waals surface area contributed by atoms with Crippen LogP contribution in [-0.4, -0.2) is 47.7 Å². The predicted molar refractivity (Wildman–Crippen MR) is 114 cm³/mol. The minimum atomic E-state index is -0.991. The highest BCUT2D eigenvalue weighted by Gasteiger charge is 2.32. The maximum atomic E-state index is 13.5. The number of carbonyl (C=O) groups is 2. The average Bonchev–Trinajstić information content (AvgIpc) is 3.19. The number of hydrogen-bond donors (Lipinski definition) is 1. The Labute approximate surface area is 175 Å². The van der Waals surface area contributed by atoms with Crippen molar-refractivity contribution in [3.8, 4) is 0 Å². The van der Waals surface area contributed by atoms with Crippen molar-refractivity contribution in [2.45, 2.75) is 32.4 Å². The molecule has 1 N–H and O–H groups in total. The Morgan fingerprint density at radius 3 is 2.52 bits per heavy atom. The fourth-order valence-corrected chi connectivity index (χ4v) is 4.41. The van der Waals surface area contributed by atoms with E-state index in [4.69, 9.17) is 11.6 Å². The number of para-hydroxylation sites is 1. The number of amides is 2. The van der Waals surface area contributed by atoms with Gasteiger partial charge >= 0.3 is 6.09 Å². The fourth-order valence-electron chi connectivity index (χ4n) is 4.15. The Bertz CT molecular complexity index is 943. The topological polar surface area (TPSA) is 64.1 Å². The van der Waals surface area contributed by atoms with E-state index in [9.17, 15) is 14.7 Å². The molecule has 2 aliphatic rings. The first-order valence-corrected chi connectivity index (χ1v) is 10.3. The van der Waals surface area contributed by atoms with Crippen molar-refractivity contribution < 1.29 is 14.7 Å². The lowest BCUT2D eigenvalue weighted by Crippen LogP contribution is -2.44. The second kappa shape index (κ2) is 7.95. The van der Waals surface area contributed by atoms with Crippen molar-refractivity contribution >= 4 is 35.0 Å². The molecule has 2 amide bonds. The minimum absolute atomic E-state index is 0.213. The van der Waals surface area contributed by atoms with Crippen molar-refractivity contribution in [1.29, 1.82) is 0 Å². The Morgan fingerprint density at radius 1 is 1.10 bits per heavy atom. The molecular weight excluding hydrogens is 390 g/mol. The van der Waals surface area contributed by atoms with Gasteiger partial charge in [-0.2, -0.15) is 0 Å². The maximum absolute atomic E-state index is 13.5. The first-order chi connectivity index (χ1) is 14.0. The number of rotatable bonds is 2. The summed E-state index contributed by atoms with van der Waals surface area (Å²) < 4.78 is 0. The van der Waals surface area contributed by atoms with Gasteiger partial charge in [-0.05, 0) is 49.6 Å². The Kier molecular flexibility index (Phi) is 5.37. The van der Waals surface area contributed by atoms with E-state index in [2.05, 4.69) is 4.90 Å². The first kappa shape index (κ1) is 19.6. The first-order valence-electron chi connectivity index (χ1n) is 9.89. The zero-order valence-electron chi connectivity index (χ0n) is 16.3. The van der Waals surface area contributed by atoms with Crippen molar-refractivity contribution in [1.82, 2.24) is 4.90 Å². The highest BCUT2D eigenvalue weighted by molar-refractivity contribution is 6.34. The second-order valence-corrected chi connectivity index (χ2v) is 8.07. The molecule has 29 heavy (non-hydrogen) atoms. The lowest BCUT2D eigenvalue weighted by atomic mass is 10.1. The standard InChI is InChI=1S/C22H24ClN3O3/c1-15-13-26(20-7-3-2-6-16(20)14-25(15)22(28)29)21(27)18-9-8-17(12-19(18)23)24-10-4-5-11-24/h2-3,6-9,12,15H,4-5,10-11,13-14H2,1H3,(H,28,29)/t15-/m1/s1. The van der Waals surface area contributed by atoms with Gasteiger partial charge < -0.3 is 14.9 Å². The number of nitrogens with zero attached hydrogens (tertiary/aromatic N) is 3. The summed E-state index contributed by atoms with van der Waals surface area (Å²) in [7, 11) is 0. The summed E-state index contributed by atoms with van der Waals surface area (Å²) in [5.41, 5.74) is 3.00. The molecule has 1 saturated heterocycles. The van der Waals surface area contributed by atoms with Crippen molar-refractivity contribution in [2.75, 3.05) is 29.4 Å². The van der Waals surface area contributed by atoms with Gasteiger partial charge in [-0.3, -0.25) is 9.69 Å². The molecule has 2 aromatic carbocycles. The van der Waals surface area contributed by atoms with E-state index in [1.807, 2.05) is 43.3 Å². The molecule has 4 rings (SSSR count). The summed E-state index contributed by atoms with van der Waals surface area (Å²) in [6.45, 7) is 4.35. The van der Waals surface area contributed by atoms with Crippen LogP contribution in [0.25, 0.3) is 0 Å². The molecule has 1 atom stereocenters. The van der Waals surface area contributed by atoms with E-state index in [0.29, 0.717) is 10.6 Å². The number of fused-ring (bicyclic) bond motifs is 1. The van der Waals surface area contributed by atoms with Crippen LogP contribution in [0.15, 0.2) is 42.5 Å². The number of hydrogen-bond acceptors (Lipinski definition) is 3. The van der Waals surface area contributed by atoms with E-state index in [1.54, 1.807) is 11.0 Å². The molecule has 0 saturated carbocycles. The molecule has 152 valence electrons. The van der Waals surface area contributed by atoms with Crippen molar-refractivity contribution in [2.24, 2.45) is 0 Å². The number of benzene rings is 2. The van der Waals surface area contributed by atoms with Crippen LogP contribution in [0.1, 0.15) is 35.7 Å². The molecule has 0 bridgehead atoms. The van der Waals surface area contributed by atoms with Crippen molar-refractivity contribution in [3.63, 3.8) is 0 Å². The van der Waals surface area contributed by atoms with Crippen LogP contribution in [0.5, 0.6) is 0 Å². The third-order valence-corrected chi connectivity index (χ3v) is 6.06. The van der Waals surface area contributed by atoms with Gasteiger partial charge in [0.15, 0.2) is 0 Å². The van der Waals surface area contributed by atoms with Crippen LogP contribution in [0.3, 0.4) is 0 Å². The fraction of sp³-hybridized carbons (Fsp3) is 0.364. The lowest BCUT2D eigenvalue weighted by molar-refractivity contribution is 0.0970. The van der Waals surface area contributed by atoms with E-state index < -0.39 is 6.09 Å². The van der Waals surface area contributed by atoms with E-state index in [1.165, 1.54) is 17.7 Å². The average molecular weight is 414 g/mol. The largest absolute Gasteiger partial charge is 0.465 e. The molecule has 7 heteroatoms. The SMILES string of the molecule is C[C@@H]1CN(C(=O)c2ccc(N3CCCC3)cc2Cl)c2ccccc2CN1C(=O)O. The van der Waals surface area contributed by atoms with Crippen LogP contribution in [0.4, 0.5) is 16.2 Å². The molecule has 1 fully saturated rings. The number of anilines is 2. The Hall–Kier alpha value is -2.73. The molecule has 0 unspecified atom stereocenters. The number of carboxylic acid groups (broad SMARTS) is 1. The van der Waals surface area contributed by atoms with Gasteiger partial charge in [-0.15, -0.1) is 0 Å². The van der Waals surface area contributed by atoms with Crippen LogP contribution >= 0.6 is 11.6 Å². The maximum Gasteiger partial charge on any atom is 0.407 e. The Morgan fingerprint density at radius 2 is 1.83 bits per heavy atom. The van der Waals surface area contributed by atoms with Crippen LogP contribution in [-0.2, 0) is 6.54 Å². The zero-order valence-corrected chi connectivity index (χ0v) is 17.1. The van der Waals surface area contributed by atoms with Gasteiger partial charge in [0.1, 0.15) is 0 Å². The minimum Gasteiger partial charge on any atom is -0.465 e. The highest BCUT2D eigenvalue weighted by atomic mass is 35.5. The predicted octanol–water partition coefficient (Wildman–Crippen LogP) is 4.47. The van der Waals surface area contributed by atoms with Crippen LogP contribution < -0.4 is 9.80 Å². The summed E-state index contributed by atoms with van der Waals surface area (Å²) in [5.74, 6) is -0.213. The molecule has 2 aliphatic heterocycles. The smallest absolute Gasteiger partial charge is 0.407 e. The summed E-state index contributed by atoms with van der Waals surface area (Å²) in [6.07, 6.45) is 1.34. The zero-order chi connectivity index (χ0) is 20.5. The van der Waals surface area contributed by atoms with E-state index >= 15 is 0 Å². The number of carbonyl (C=O) groups excluding carboxylic acids is 1. The molecule has 0 radical (unpaired) electrons. The molecule has 2 heterocycles. The summed E-state index contributed by atoms with van der Waals surface area (Å²) in [4.78, 5) is 30.4. The summed E-state index contributed by atoms with van der Waals surface area (Å²) in [6, 6.07) is 12.7. The van der Waals surface area contributed by atoms with Gasteiger partial charge in [0, 0.05) is 31.0 Å². The lowest BCUT2D eigenvalue weighted by Gasteiger charge is -2.28. The van der Waals surface area contributed by atoms with Gasteiger partial charge in [0.05, 0.1) is 23.2 Å². The third kappa shape index (κ3) is 3.77. The highest BCUT2D eigenvalue weighted by Crippen LogP contribution is 2.32. The van der Waals surface area contributed by atoms with Crippen LogP contribution in [0, 0.1) is 0 Å². The van der Waals surface area contributed by atoms with Gasteiger partial charge in [0.25, 0.3) is 5.91 Å². The molecule has 0 aromatic heterocycles. The van der Waals surface area contributed by atoms with E-state index in [-0.39, 0.29) is 25.0 Å². The number of halogens is 1. The Balaban J connectivity index is 1.68. The molecule has 6 nitrogen and oxygen atoms in total. The van der Waals surface area contributed by atoms with Gasteiger partial charge in [0.2, 0.25) is 0 Å². The second-order valence-electron chi connectivity index (χ2n) is 7.66. The molecular formula is C22H24ClN3O3. The van der Waals surface area contributed by atoms with Crippen molar-refractivity contribution in [3.05, 3.63) is 58.6 Å². The monoisotopic (exact) mass is 413 g/mol. The normalized spacial score (nSPS) is 19.1. The van der Waals surface area contributed by atoms with Gasteiger partial charge in [-0.25, -0.2) is 4.79 Å². The molecule has 0 aliphatic carbocycles. The quantitative estimate of drug-likeness (QED) is 0.788. The summed E-state index contributed by atoms with van der Waals surface area (Å²) >= 11 is 6.53. The molecule has 2 aromatic rings. The van der Waals surface area contributed by atoms with Gasteiger partial charge in [-0.1, -0.05) is 29.8 Å². The molecule has 0 spiro atoms. The third-order valence-electron chi connectivity index (χ3n) is 5.75. The van der Waals surface area contributed by atoms with E-state index in [0.717, 1.165) is 30.0 Å².